The first-order chi connectivity index (χ1) is 12.5. The Morgan fingerprint density at radius 3 is 2.54 bits per heavy atom. The molecule has 0 saturated carbocycles. The molecule has 2 rings (SSSR count). The fourth-order valence-electron chi connectivity index (χ4n) is 3.24. The molecule has 0 spiro atoms. The van der Waals surface area contributed by atoms with E-state index in [1.165, 1.54) is 6.07 Å². The summed E-state index contributed by atoms with van der Waals surface area (Å²) in [5.41, 5.74) is 0.579. The van der Waals surface area contributed by atoms with E-state index in [0.29, 0.717) is 38.3 Å². The summed E-state index contributed by atoms with van der Waals surface area (Å²) in [5.74, 6) is -2.05. The maximum atomic E-state index is 13.5. The van der Waals surface area contributed by atoms with Gasteiger partial charge in [0.1, 0.15) is 0 Å². The molecular weight excluding hydrogens is 340 g/mol. The number of amides is 2. The summed E-state index contributed by atoms with van der Waals surface area (Å²) in [4.78, 5) is 28.6. The number of nitrogens with zero attached hydrogens (tertiary/aromatic N) is 2. The highest BCUT2D eigenvalue weighted by Crippen LogP contribution is 2.17. The summed E-state index contributed by atoms with van der Waals surface area (Å²) >= 11 is 0. The zero-order chi connectivity index (χ0) is 19.1. The van der Waals surface area contributed by atoms with E-state index in [-0.39, 0.29) is 18.2 Å². The molecule has 1 aromatic rings. The van der Waals surface area contributed by atoms with Gasteiger partial charge in [0.25, 0.3) is 0 Å². The monoisotopic (exact) mass is 367 g/mol. The lowest BCUT2D eigenvalue weighted by Crippen LogP contribution is -2.56. The number of halogens is 2. The maximum absolute atomic E-state index is 13.5. The van der Waals surface area contributed by atoms with E-state index >= 15 is 0 Å². The Hall–Kier alpha value is -2.02. The smallest absolute Gasteiger partial charge is 0.237 e. The van der Waals surface area contributed by atoms with Gasteiger partial charge in [-0.2, -0.15) is 0 Å². The SMILES string of the molecule is CCCN(CCC)C(=O)CC1C(=O)NCCN1Cc1ccc(F)c(F)c1. The van der Waals surface area contributed by atoms with Crippen LogP contribution in [0.25, 0.3) is 0 Å². The molecule has 1 aliphatic rings. The third-order valence-electron chi connectivity index (χ3n) is 4.52. The maximum Gasteiger partial charge on any atom is 0.237 e. The highest BCUT2D eigenvalue weighted by atomic mass is 19.2. The largest absolute Gasteiger partial charge is 0.353 e. The molecule has 1 fully saturated rings. The molecule has 144 valence electrons. The Balaban J connectivity index is 2.10. The van der Waals surface area contributed by atoms with Crippen molar-refractivity contribution in [1.29, 1.82) is 0 Å². The van der Waals surface area contributed by atoms with Crippen molar-refractivity contribution in [3.63, 3.8) is 0 Å². The molecule has 7 heteroatoms. The predicted octanol–water partition coefficient (Wildman–Crippen LogP) is 2.30. The highest BCUT2D eigenvalue weighted by Gasteiger charge is 2.32. The molecule has 1 aliphatic heterocycles. The zero-order valence-corrected chi connectivity index (χ0v) is 15.4. The second kappa shape index (κ2) is 9.62. The van der Waals surface area contributed by atoms with E-state index in [1.54, 1.807) is 4.90 Å². The average molecular weight is 367 g/mol. The van der Waals surface area contributed by atoms with Crippen LogP contribution in [0.5, 0.6) is 0 Å². The van der Waals surface area contributed by atoms with Crippen LogP contribution in [0.4, 0.5) is 8.78 Å². The second-order valence-electron chi connectivity index (χ2n) is 6.61. The van der Waals surface area contributed by atoms with Crippen LogP contribution in [0.3, 0.4) is 0 Å². The van der Waals surface area contributed by atoms with Crippen LogP contribution in [0.1, 0.15) is 38.7 Å². The van der Waals surface area contributed by atoms with E-state index in [0.717, 1.165) is 25.0 Å². The topological polar surface area (TPSA) is 52.7 Å². The highest BCUT2D eigenvalue weighted by molar-refractivity contribution is 5.88. The number of nitrogens with one attached hydrogen (secondary N) is 1. The van der Waals surface area contributed by atoms with E-state index in [2.05, 4.69) is 5.32 Å². The van der Waals surface area contributed by atoms with Gasteiger partial charge in [0.2, 0.25) is 11.8 Å². The molecule has 1 atom stereocenters. The quantitative estimate of drug-likeness (QED) is 0.767. The molecular formula is C19H27F2N3O2. The fourth-order valence-corrected chi connectivity index (χ4v) is 3.24. The average Bonchev–Trinajstić information content (AvgIpc) is 2.61. The number of hydrogen-bond donors (Lipinski definition) is 1. The minimum Gasteiger partial charge on any atom is -0.353 e. The predicted molar refractivity (Wildman–Crippen MR) is 95.3 cm³/mol. The van der Waals surface area contributed by atoms with Crippen LogP contribution in [-0.2, 0) is 16.1 Å². The molecule has 0 aromatic heterocycles. The number of benzene rings is 1. The van der Waals surface area contributed by atoms with Crippen molar-refractivity contribution in [2.75, 3.05) is 26.2 Å². The van der Waals surface area contributed by atoms with Crippen molar-refractivity contribution in [3.8, 4) is 0 Å². The Morgan fingerprint density at radius 2 is 1.92 bits per heavy atom. The van der Waals surface area contributed by atoms with Crippen molar-refractivity contribution >= 4 is 11.8 Å². The second-order valence-corrected chi connectivity index (χ2v) is 6.61. The molecule has 2 amide bonds. The summed E-state index contributed by atoms with van der Waals surface area (Å²) in [5, 5.41) is 2.79. The molecule has 1 saturated heterocycles. The van der Waals surface area contributed by atoms with Gasteiger partial charge in [-0.05, 0) is 30.5 Å². The third-order valence-corrected chi connectivity index (χ3v) is 4.52. The summed E-state index contributed by atoms with van der Waals surface area (Å²) in [6.45, 7) is 6.70. The number of carbonyl (C=O) groups is 2. The van der Waals surface area contributed by atoms with Gasteiger partial charge < -0.3 is 10.2 Å². The lowest BCUT2D eigenvalue weighted by atomic mass is 10.1. The van der Waals surface area contributed by atoms with Gasteiger partial charge >= 0.3 is 0 Å². The van der Waals surface area contributed by atoms with E-state index in [4.69, 9.17) is 0 Å². The lowest BCUT2D eigenvalue weighted by Gasteiger charge is -2.35. The van der Waals surface area contributed by atoms with Crippen molar-refractivity contribution < 1.29 is 18.4 Å². The Morgan fingerprint density at radius 1 is 1.23 bits per heavy atom. The molecule has 0 bridgehead atoms. The molecule has 1 aromatic carbocycles. The third kappa shape index (κ3) is 5.24. The van der Waals surface area contributed by atoms with Crippen LogP contribution in [-0.4, -0.2) is 53.8 Å². The molecule has 5 nitrogen and oxygen atoms in total. The summed E-state index contributed by atoms with van der Waals surface area (Å²) in [6.07, 6.45) is 1.82. The Kier molecular flexibility index (Phi) is 7.50. The normalized spacial score (nSPS) is 17.8. The van der Waals surface area contributed by atoms with E-state index in [1.807, 2.05) is 18.7 Å². The van der Waals surface area contributed by atoms with Gasteiger partial charge in [0.15, 0.2) is 11.6 Å². The van der Waals surface area contributed by atoms with Gasteiger partial charge in [-0.3, -0.25) is 14.5 Å². The van der Waals surface area contributed by atoms with E-state index < -0.39 is 17.7 Å². The summed E-state index contributed by atoms with van der Waals surface area (Å²) in [6, 6.07) is 3.13. The van der Waals surface area contributed by atoms with E-state index in [9.17, 15) is 18.4 Å². The Labute approximate surface area is 153 Å². The van der Waals surface area contributed by atoms with Crippen LogP contribution in [0, 0.1) is 11.6 Å². The van der Waals surface area contributed by atoms with Crippen LogP contribution < -0.4 is 5.32 Å². The molecule has 0 aliphatic carbocycles. The first-order valence-corrected chi connectivity index (χ1v) is 9.19. The van der Waals surface area contributed by atoms with Crippen molar-refractivity contribution in [3.05, 3.63) is 35.4 Å². The Bertz CT molecular complexity index is 633. The van der Waals surface area contributed by atoms with Crippen molar-refractivity contribution in [1.82, 2.24) is 15.1 Å². The number of piperazine rings is 1. The van der Waals surface area contributed by atoms with Gasteiger partial charge in [0, 0.05) is 32.7 Å². The molecule has 26 heavy (non-hydrogen) atoms. The first kappa shape index (κ1) is 20.3. The molecule has 1 unspecified atom stereocenters. The number of carbonyl (C=O) groups excluding carboxylic acids is 2. The number of rotatable bonds is 8. The molecule has 1 heterocycles. The van der Waals surface area contributed by atoms with Gasteiger partial charge in [-0.25, -0.2) is 8.78 Å². The van der Waals surface area contributed by atoms with Gasteiger partial charge in [-0.15, -0.1) is 0 Å². The van der Waals surface area contributed by atoms with Crippen LogP contribution >= 0.6 is 0 Å². The first-order valence-electron chi connectivity index (χ1n) is 9.19. The molecule has 1 N–H and O–H groups in total. The summed E-state index contributed by atoms with van der Waals surface area (Å²) < 4.78 is 26.6. The fraction of sp³-hybridized carbons (Fsp3) is 0.579. The standard InChI is InChI=1S/C19H27F2N3O2/c1-3-8-23(9-4-2)18(25)12-17-19(26)22-7-10-24(17)13-14-5-6-15(20)16(21)11-14/h5-6,11,17H,3-4,7-10,12-13H2,1-2H3,(H,22,26). The van der Waals surface area contributed by atoms with Gasteiger partial charge in [0.05, 0.1) is 12.5 Å². The minimum atomic E-state index is -0.909. The van der Waals surface area contributed by atoms with Crippen LogP contribution in [0.2, 0.25) is 0 Å². The zero-order valence-electron chi connectivity index (χ0n) is 15.4. The van der Waals surface area contributed by atoms with Crippen molar-refractivity contribution in [2.24, 2.45) is 0 Å². The molecule has 0 radical (unpaired) electrons. The van der Waals surface area contributed by atoms with Crippen molar-refractivity contribution in [2.45, 2.75) is 45.7 Å². The lowest BCUT2D eigenvalue weighted by molar-refractivity contribution is -0.139. The van der Waals surface area contributed by atoms with Crippen LogP contribution in [0.15, 0.2) is 18.2 Å². The van der Waals surface area contributed by atoms with Gasteiger partial charge in [-0.1, -0.05) is 19.9 Å². The number of hydrogen-bond acceptors (Lipinski definition) is 3. The summed E-state index contributed by atoms with van der Waals surface area (Å²) in [7, 11) is 0. The minimum absolute atomic E-state index is 0.0500.